The van der Waals surface area contributed by atoms with Crippen molar-refractivity contribution in [1.29, 1.82) is 0 Å². The zero-order valence-electron chi connectivity index (χ0n) is 12.3. The van der Waals surface area contributed by atoms with Crippen molar-refractivity contribution in [2.75, 3.05) is 27.2 Å². The number of rotatable bonds is 5. The summed E-state index contributed by atoms with van der Waals surface area (Å²) < 4.78 is 5.88. The van der Waals surface area contributed by atoms with Crippen LogP contribution in [0.25, 0.3) is 0 Å². The summed E-state index contributed by atoms with van der Waals surface area (Å²) in [6.45, 7) is 3.28. The first-order valence-electron chi connectivity index (χ1n) is 7.17. The molecule has 2 aliphatic carbocycles. The Morgan fingerprint density at radius 3 is 2.58 bits per heavy atom. The zero-order chi connectivity index (χ0) is 13.2. The summed E-state index contributed by atoms with van der Waals surface area (Å²) in [7, 11) is 3.77. The van der Waals surface area contributed by atoms with Crippen molar-refractivity contribution in [3.05, 3.63) is 0 Å². The molecule has 0 aromatic rings. The number of hydrogen-bond acceptors (Lipinski definition) is 3. The van der Waals surface area contributed by atoms with Crippen LogP contribution in [0.1, 0.15) is 39.0 Å². The zero-order valence-corrected chi connectivity index (χ0v) is 13.1. The molecule has 1 spiro atoms. The van der Waals surface area contributed by atoms with Gasteiger partial charge in [-0.3, -0.25) is 4.79 Å². The maximum absolute atomic E-state index is 12.0. The van der Waals surface area contributed by atoms with Crippen molar-refractivity contribution >= 4 is 18.3 Å². The molecule has 0 bridgehead atoms. The van der Waals surface area contributed by atoms with Crippen molar-refractivity contribution in [2.24, 2.45) is 5.41 Å². The monoisotopic (exact) mass is 290 g/mol. The number of nitrogens with zero attached hydrogens (tertiary/aromatic N) is 1. The molecule has 2 rings (SSSR count). The standard InChI is InChI=1S/C14H26N2O2.ClH/c1-4-18-12-9-11(14(12)7-5-6-8-14)16(3)13(17)10-15-2;/h11-12,15H,4-10H2,1-3H3;1H. The largest absolute Gasteiger partial charge is 0.378 e. The molecule has 0 aliphatic heterocycles. The van der Waals surface area contributed by atoms with Gasteiger partial charge in [-0.25, -0.2) is 0 Å². The van der Waals surface area contributed by atoms with Gasteiger partial charge in [0.05, 0.1) is 12.6 Å². The molecule has 0 heterocycles. The first-order valence-corrected chi connectivity index (χ1v) is 7.17. The topological polar surface area (TPSA) is 41.6 Å². The number of carbonyl (C=O) groups is 1. The van der Waals surface area contributed by atoms with Crippen LogP contribution < -0.4 is 5.32 Å². The predicted octanol–water partition coefficient (Wildman–Crippen LogP) is 1.82. The molecule has 1 amide bonds. The summed E-state index contributed by atoms with van der Waals surface area (Å²) in [5.41, 5.74) is 0.258. The molecule has 112 valence electrons. The molecular formula is C14H27ClN2O2. The SMILES string of the molecule is CCOC1CC(N(C)C(=O)CNC)C12CCCC2.Cl. The van der Waals surface area contributed by atoms with E-state index in [0.717, 1.165) is 13.0 Å². The maximum atomic E-state index is 12.0. The van der Waals surface area contributed by atoms with Gasteiger partial charge in [0.25, 0.3) is 0 Å². The Balaban J connectivity index is 0.00000180. The minimum atomic E-state index is 0. The highest BCUT2D eigenvalue weighted by Gasteiger charge is 2.58. The van der Waals surface area contributed by atoms with Crippen LogP contribution >= 0.6 is 12.4 Å². The molecule has 2 atom stereocenters. The molecule has 0 aromatic heterocycles. The summed E-state index contributed by atoms with van der Waals surface area (Å²) >= 11 is 0. The fraction of sp³-hybridized carbons (Fsp3) is 0.929. The van der Waals surface area contributed by atoms with Crippen molar-refractivity contribution in [2.45, 2.75) is 51.2 Å². The number of likely N-dealkylation sites (N-methyl/N-ethyl adjacent to an activating group) is 2. The number of amides is 1. The molecule has 0 saturated heterocycles. The molecule has 1 N–H and O–H groups in total. The Morgan fingerprint density at radius 1 is 1.42 bits per heavy atom. The molecule has 0 aromatic carbocycles. The Hall–Kier alpha value is -0.320. The van der Waals surface area contributed by atoms with Crippen LogP contribution in [-0.2, 0) is 9.53 Å². The van der Waals surface area contributed by atoms with Crippen LogP contribution in [0, 0.1) is 5.41 Å². The fourth-order valence-electron chi connectivity index (χ4n) is 3.84. The Labute approximate surface area is 122 Å². The van der Waals surface area contributed by atoms with E-state index in [2.05, 4.69) is 12.2 Å². The highest BCUT2D eigenvalue weighted by molar-refractivity contribution is 5.85. The Bertz CT molecular complexity index is 306. The summed E-state index contributed by atoms with van der Waals surface area (Å²) in [6, 6.07) is 0.386. The predicted molar refractivity (Wildman–Crippen MR) is 78.7 cm³/mol. The van der Waals surface area contributed by atoms with Gasteiger partial charge >= 0.3 is 0 Å². The van der Waals surface area contributed by atoms with E-state index in [-0.39, 0.29) is 23.7 Å². The van der Waals surface area contributed by atoms with Gasteiger partial charge in [-0.15, -0.1) is 12.4 Å². The van der Waals surface area contributed by atoms with Crippen molar-refractivity contribution in [1.82, 2.24) is 10.2 Å². The van der Waals surface area contributed by atoms with Gasteiger partial charge in [-0.1, -0.05) is 12.8 Å². The van der Waals surface area contributed by atoms with Gasteiger partial charge in [-0.05, 0) is 33.2 Å². The van der Waals surface area contributed by atoms with Crippen LogP contribution in [0.15, 0.2) is 0 Å². The number of nitrogens with one attached hydrogen (secondary N) is 1. The Kier molecular flexibility index (Phi) is 6.09. The van der Waals surface area contributed by atoms with E-state index in [1.807, 2.05) is 19.0 Å². The Morgan fingerprint density at radius 2 is 2.05 bits per heavy atom. The van der Waals surface area contributed by atoms with Gasteiger partial charge in [0.15, 0.2) is 0 Å². The third-order valence-electron chi connectivity index (χ3n) is 4.83. The summed E-state index contributed by atoms with van der Waals surface area (Å²) in [5, 5.41) is 2.94. The van der Waals surface area contributed by atoms with Crippen LogP contribution in [0.5, 0.6) is 0 Å². The third-order valence-corrected chi connectivity index (χ3v) is 4.83. The van der Waals surface area contributed by atoms with Gasteiger partial charge in [-0.2, -0.15) is 0 Å². The van der Waals surface area contributed by atoms with E-state index in [9.17, 15) is 4.79 Å². The van der Waals surface area contributed by atoms with Crippen LogP contribution in [-0.4, -0.2) is 50.2 Å². The van der Waals surface area contributed by atoms with E-state index >= 15 is 0 Å². The summed E-state index contributed by atoms with van der Waals surface area (Å²) in [5.74, 6) is 0.198. The minimum Gasteiger partial charge on any atom is -0.378 e. The minimum absolute atomic E-state index is 0. The van der Waals surface area contributed by atoms with E-state index in [1.54, 1.807) is 0 Å². The molecule has 2 aliphatic rings. The summed E-state index contributed by atoms with van der Waals surface area (Å²) in [4.78, 5) is 14.0. The van der Waals surface area contributed by atoms with Crippen LogP contribution in [0.3, 0.4) is 0 Å². The highest BCUT2D eigenvalue weighted by Crippen LogP contribution is 2.56. The highest BCUT2D eigenvalue weighted by atomic mass is 35.5. The molecular weight excluding hydrogens is 264 g/mol. The first-order chi connectivity index (χ1) is 8.65. The lowest BCUT2D eigenvalue weighted by Crippen LogP contribution is -2.64. The normalized spacial score (nSPS) is 27.7. The molecule has 4 nitrogen and oxygen atoms in total. The average Bonchev–Trinajstić information content (AvgIpc) is 2.85. The van der Waals surface area contributed by atoms with Crippen LogP contribution in [0.4, 0.5) is 0 Å². The number of halogens is 1. The lowest BCUT2D eigenvalue weighted by Gasteiger charge is -2.57. The number of hydrogen-bond donors (Lipinski definition) is 1. The van der Waals surface area contributed by atoms with Crippen molar-refractivity contribution in [3.63, 3.8) is 0 Å². The van der Waals surface area contributed by atoms with E-state index in [4.69, 9.17) is 4.74 Å². The van der Waals surface area contributed by atoms with Crippen molar-refractivity contribution in [3.8, 4) is 0 Å². The lowest BCUT2D eigenvalue weighted by atomic mass is 9.60. The second kappa shape index (κ2) is 6.91. The van der Waals surface area contributed by atoms with Gasteiger partial charge in [0, 0.05) is 25.1 Å². The molecule has 0 radical (unpaired) electrons. The second-order valence-corrected chi connectivity index (χ2v) is 5.67. The van der Waals surface area contributed by atoms with E-state index < -0.39 is 0 Å². The van der Waals surface area contributed by atoms with E-state index in [1.165, 1.54) is 25.7 Å². The van der Waals surface area contributed by atoms with E-state index in [0.29, 0.717) is 18.7 Å². The molecule has 2 fully saturated rings. The smallest absolute Gasteiger partial charge is 0.236 e. The molecule has 5 heteroatoms. The molecule has 2 unspecified atom stereocenters. The third kappa shape index (κ3) is 2.91. The fourth-order valence-corrected chi connectivity index (χ4v) is 3.84. The second-order valence-electron chi connectivity index (χ2n) is 5.67. The lowest BCUT2D eigenvalue weighted by molar-refractivity contribution is -0.171. The van der Waals surface area contributed by atoms with Crippen molar-refractivity contribution < 1.29 is 9.53 Å². The maximum Gasteiger partial charge on any atom is 0.236 e. The summed E-state index contributed by atoms with van der Waals surface area (Å²) in [6.07, 6.45) is 6.40. The number of carbonyl (C=O) groups excluding carboxylic acids is 1. The first kappa shape index (κ1) is 16.7. The molecule has 19 heavy (non-hydrogen) atoms. The molecule has 2 saturated carbocycles. The van der Waals surface area contributed by atoms with Gasteiger partial charge in [0.1, 0.15) is 0 Å². The van der Waals surface area contributed by atoms with Crippen LogP contribution in [0.2, 0.25) is 0 Å². The van der Waals surface area contributed by atoms with Gasteiger partial charge in [0.2, 0.25) is 5.91 Å². The van der Waals surface area contributed by atoms with Gasteiger partial charge < -0.3 is 15.0 Å². The average molecular weight is 291 g/mol. The quantitative estimate of drug-likeness (QED) is 0.840. The number of ether oxygens (including phenoxy) is 1.